The number of aromatic nitrogens is 4. The highest BCUT2D eigenvalue weighted by Crippen LogP contribution is 2.29. The lowest BCUT2D eigenvalue weighted by Crippen LogP contribution is -2.47. The summed E-state index contributed by atoms with van der Waals surface area (Å²) < 4.78 is 7.10. The van der Waals surface area contributed by atoms with Crippen LogP contribution >= 0.6 is 0 Å². The van der Waals surface area contributed by atoms with Crippen molar-refractivity contribution >= 4 is 23.3 Å². The van der Waals surface area contributed by atoms with Crippen LogP contribution in [-0.4, -0.2) is 54.6 Å². The number of carboxylic acid groups (broad SMARTS) is 1. The average Bonchev–Trinajstić information content (AvgIpc) is 3.35. The van der Waals surface area contributed by atoms with Gasteiger partial charge in [0.05, 0.1) is 12.1 Å². The van der Waals surface area contributed by atoms with Gasteiger partial charge < -0.3 is 19.8 Å². The minimum atomic E-state index is -0.957. The molecule has 1 saturated heterocycles. The third-order valence-electron chi connectivity index (χ3n) is 5.57. The molecule has 1 aliphatic heterocycles. The van der Waals surface area contributed by atoms with Gasteiger partial charge in [-0.05, 0) is 37.1 Å². The molecule has 1 aromatic carbocycles. The molecule has 0 radical (unpaired) electrons. The molecule has 0 saturated carbocycles. The highest BCUT2D eigenvalue weighted by molar-refractivity contribution is 6.04. The third kappa shape index (κ3) is 3.45. The van der Waals surface area contributed by atoms with Crippen LogP contribution in [0, 0.1) is 13.8 Å². The van der Waals surface area contributed by atoms with Crippen molar-refractivity contribution in [2.45, 2.75) is 19.8 Å². The van der Waals surface area contributed by atoms with E-state index < -0.39 is 6.09 Å². The van der Waals surface area contributed by atoms with E-state index in [4.69, 9.17) is 9.63 Å². The van der Waals surface area contributed by atoms with E-state index in [0.717, 1.165) is 11.1 Å². The molecule has 162 valence electrons. The van der Waals surface area contributed by atoms with Gasteiger partial charge in [0.1, 0.15) is 11.3 Å². The van der Waals surface area contributed by atoms with Gasteiger partial charge in [0, 0.05) is 30.5 Å². The number of pyridine rings is 1. The van der Waals surface area contributed by atoms with E-state index in [9.17, 15) is 9.59 Å². The molecular weight excluding hydrogens is 412 g/mol. The van der Waals surface area contributed by atoms with Gasteiger partial charge in [-0.25, -0.2) is 9.78 Å². The van der Waals surface area contributed by atoms with Crippen LogP contribution in [0.3, 0.4) is 0 Å². The second-order valence-electron chi connectivity index (χ2n) is 7.90. The van der Waals surface area contributed by atoms with Gasteiger partial charge in [-0.15, -0.1) is 0 Å². The number of hydrogen-bond acceptors (Lipinski definition) is 6. The van der Waals surface area contributed by atoms with Crippen molar-refractivity contribution in [2.75, 3.05) is 18.4 Å². The number of anilines is 1. The summed E-state index contributed by atoms with van der Waals surface area (Å²) in [7, 11) is 0. The summed E-state index contributed by atoms with van der Waals surface area (Å²) in [6.07, 6.45) is 2.46. The third-order valence-corrected chi connectivity index (χ3v) is 5.57. The number of imidazole rings is 1. The molecule has 10 heteroatoms. The maximum Gasteiger partial charge on any atom is 0.407 e. The molecule has 3 aromatic heterocycles. The fraction of sp³-hybridized carbons (Fsp3) is 0.227. The van der Waals surface area contributed by atoms with Crippen molar-refractivity contribution in [1.29, 1.82) is 0 Å². The van der Waals surface area contributed by atoms with Crippen LogP contribution in [0.5, 0.6) is 0 Å². The van der Waals surface area contributed by atoms with E-state index in [0.29, 0.717) is 47.4 Å². The molecule has 0 atom stereocenters. The highest BCUT2D eigenvalue weighted by Gasteiger charge is 2.35. The molecule has 4 aromatic rings. The Labute approximate surface area is 182 Å². The van der Waals surface area contributed by atoms with Gasteiger partial charge in [0.25, 0.3) is 5.91 Å². The Bertz CT molecular complexity index is 1350. The zero-order valence-corrected chi connectivity index (χ0v) is 17.4. The lowest BCUT2D eigenvalue weighted by Gasteiger charge is -2.34. The number of carbonyl (C=O) groups excluding carboxylic acids is 1. The number of amides is 2. The Balaban J connectivity index is 1.37. The van der Waals surface area contributed by atoms with Gasteiger partial charge in [-0.1, -0.05) is 23.4 Å². The summed E-state index contributed by atoms with van der Waals surface area (Å²) in [5.41, 5.74) is 4.35. The Kier molecular flexibility index (Phi) is 4.62. The van der Waals surface area contributed by atoms with Crippen LogP contribution in [0.25, 0.3) is 17.0 Å². The maximum absolute atomic E-state index is 13.0. The molecule has 1 fully saturated rings. The molecule has 0 aliphatic carbocycles. The van der Waals surface area contributed by atoms with Crippen LogP contribution in [0.15, 0.2) is 47.2 Å². The summed E-state index contributed by atoms with van der Waals surface area (Å²) in [6, 6.07) is 9.32. The number of aryl methyl sites for hydroxylation is 2. The SMILES string of the molecule is Cc1ccc2ncc(C(=O)Nc3cc(-c4noc(C5CN(C(=O)O)C5)n4)ccc3C)n2c1. The first-order valence-electron chi connectivity index (χ1n) is 10.1. The molecule has 5 rings (SSSR count). The van der Waals surface area contributed by atoms with E-state index in [-0.39, 0.29) is 11.8 Å². The quantitative estimate of drug-likeness (QED) is 0.506. The number of carbonyl (C=O) groups is 2. The van der Waals surface area contributed by atoms with Crippen molar-refractivity contribution < 1.29 is 19.2 Å². The Morgan fingerprint density at radius 1 is 1.19 bits per heavy atom. The van der Waals surface area contributed by atoms with E-state index in [2.05, 4.69) is 20.4 Å². The van der Waals surface area contributed by atoms with Crippen molar-refractivity contribution in [1.82, 2.24) is 24.4 Å². The number of nitrogens with zero attached hydrogens (tertiary/aromatic N) is 5. The molecule has 0 spiro atoms. The second kappa shape index (κ2) is 7.49. The minimum Gasteiger partial charge on any atom is -0.465 e. The zero-order chi connectivity index (χ0) is 22.4. The smallest absolute Gasteiger partial charge is 0.407 e. The predicted octanol–water partition coefficient (Wildman–Crippen LogP) is 3.33. The lowest BCUT2D eigenvalue weighted by molar-refractivity contribution is 0.0958. The first-order chi connectivity index (χ1) is 15.4. The standard InChI is InChI=1S/C22H20N6O4/c1-12-3-6-18-23-8-17(28(18)9-12)20(29)24-16-7-14(5-4-13(16)2)19-25-21(32-26-19)15-10-27(11-15)22(30)31/h3-9,15H,10-11H2,1-2H3,(H,24,29)(H,30,31). The van der Waals surface area contributed by atoms with Crippen molar-refractivity contribution in [3.8, 4) is 11.4 Å². The van der Waals surface area contributed by atoms with Gasteiger partial charge >= 0.3 is 6.09 Å². The molecule has 10 nitrogen and oxygen atoms in total. The van der Waals surface area contributed by atoms with Gasteiger partial charge in [0.15, 0.2) is 0 Å². The van der Waals surface area contributed by atoms with E-state index in [1.54, 1.807) is 16.7 Å². The minimum absolute atomic E-state index is 0.101. The van der Waals surface area contributed by atoms with Crippen LogP contribution in [0.1, 0.15) is 33.4 Å². The number of rotatable bonds is 4. The highest BCUT2D eigenvalue weighted by atomic mass is 16.5. The van der Waals surface area contributed by atoms with Crippen LogP contribution in [-0.2, 0) is 0 Å². The predicted molar refractivity (Wildman–Crippen MR) is 115 cm³/mol. The van der Waals surface area contributed by atoms with Crippen molar-refractivity contribution in [3.63, 3.8) is 0 Å². The van der Waals surface area contributed by atoms with Crippen LogP contribution in [0.4, 0.5) is 10.5 Å². The Morgan fingerprint density at radius 3 is 2.78 bits per heavy atom. The van der Waals surface area contributed by atoms with E-state index in [1.807, 2.05) is 44.3 Å². The van der Waals surface area contributed by atoms with Crippen molar-refractivity contribution in [2.24, 2.45) is 0 Å². The number of hydrogen-bond donors (Lipinski definition) is 2. The maximum atomic E-state index is 13.0. The summed E-state index contributed by atoms with van der Waals surface area (Å²) in [5, 5.41) is 15.9. The molecule has 0 bridgehead atoms. The Morgan fingerprint density at radius 2 is 2.00 bits per heavy atom. The Hall–Kier alpha value is -4.21. The zero-order valence-electron chi connectivity index (χ0n) is 17.4. The molecule has 4 heterocycles. The molecule has 2 N–H and O–H groups in total. The van der Waals surface area contributed by atoms with Crippen molar-refractivity contribution in [3.05, 3.63) is 65.4 Å². The number of benzene rings is 1. The van der Waals surface area contributed by atoms with Gasteiger partial charge in [0.2, 0.25) is 11.7 Å². The first-order valence-corrected chi connectivity index (χ1v) is 10.1. The summed E-state index contributed by atoms with van der Waals surface area (Å²) >= 11 is 0. The largest absolute Gasteiger partial charge is 0.465 e. The number of fused-ring (bicyclic) bond motifs is 1. The topological polar surface area (TPSA) is 126 Å². The van der Waals surface area contributed by atoms with Gasteiger partial charge in [-0.2, -0.15) is 4.98 Å². The molecule has 32 heavy (non-hydrogen) atoms. The molecular formula is C22H20N6O4. The normalized spacial score (nSPS) is 13.9. The average molecular weight is 432 g/mol. The lowest BCUT2D eigenvalue weighted by atomic mass is 10.0. The fourth-order valence-corrected chi connectivity index (χ4v) is 3.65. The summed E-state index contributed by atoms with van der Waals surface area (Å²) in [4.78, 5) is 33.9. The van der Waals surface area contributed by atoms with Gasteiger partial charge in [-0.3, -0.25) is 9.20 Å². The van der Waals surface area contributed by atoms with Crippen LogP contribution in [0.2, 0.25) is 0 Å². The number of nitrogens with one attached hydrogen (secondary N) is 1. The van der Waals surface area contributed by atoms with E-state index >= 15 is 0 Å². The summed E-state index contributed by atoms with van der Waals surface area (Å²) in [6.45, 7) is 4.53. The first kappa shape index (κ1) is 19.7. The monoisotopic (exact) mass is 432 g/mol. The van der Waals surface area contributed by atoms with E-state index in [1.165, 1.54) is 4.90 Å². The molecule has 2 amide bonds. The number of likely N-dealkylation sites (tertiary alicyclic amines) is 1. The molecule has 0 unspecified atom stereocenters. The van der Waals surface area contributed by atoms with Crippen LogP contribution < -0.4 is 5.32 Å². The second-order valence-corrected chi connectivity index (χ2v) is 7.90. The fourth-order valence-electron chi connectivity index (χ4n) is 3.65. The summed E-state index contributed by atoms with van der Waals surface area (Å²) in [5.74, 6) is 0.412. The molecule has 1 aliphatic rings.